The number of carbonyl (C=O) groups excluding carboxylic acids is 1. The van der Waals surface area contributed by atoms with Crippen molar-refractivity contribution < 1.29 is 13.9 Å². The first-order valence-corrected chi connectivity index (χ1v) is 12.0. The van der Waals surface area contributed by atoms with Crippen LogP contribution in [-0.4, -0.2) is 33.0 Å². The molecule has 2 aromatic heterocycles. The van der Waals surface area contributed by atoms with Crippen molar-refractivity contribution in [1.29, 1.82) is 0 Å². The Balaban J connectivity index is 1.38. The van der Waals surface area contributed by atoms with Crippen LogP contribution in [0.15, 0.2) is 74.7 Å². The summed E-state index contributed by atoms with van der Waals surface area (Å²) in [7, 11) is 0. The van der Waals surface area contributed by atoms with Gasteiger partial charge >= 0.3 is 0 Å². The highest BCUT2D eigenvalue weighted by atomic mass is 35.5. The minimum atomic E-state index is -0.286. The van der Waals surface area contributed by atoms with Gasteiger partial charge in [0, 0.05) is 22.2 Å². The summed E-state index contributed by atoms with van der Waals surface area (Å²) >= 11 is 8.79. The number of halogens is 1. The quantitative estimate of drug-likeness (QED) is 0.329. The molecule has 0 saturated carbocycles. The number of benzene rings is 2. The fourth-order valence-electron chi connectivity index (χ4n) is 2.82. The van der Waals surface area contributed by atoms with Gasteiger partial charge in [0.25, 0.3) is 11.1 Å². The van der Waals surface area contributed by atoms with Gasteiger partial charge in [-0.15, -0.1) is 21.5 Å². The van der Waals surface area contributed by atoms with Crippen LogP contribution >= 0.6 is 34.7 Å². The second-order valence-electron chi connectivity index (χ2n) is 6.53. The van der Waals surface area contributed by atoms with Crippen LogP contribution in [-0.2, 0) is 11.3 Å². The zero-order chi connectivity index (χ0) is 22.3. The van der Waals surface area contributed by atoms with Crippen molar-refractivity contribution in [2.45, 2.75) is 18.7 Å². The van der Waals surface area contributed by atoms with Gasteiger partial charge in [0.15, 0.2) is 4.80 Å². The predicted octanol–water partition coefficient (Wildman–Crippen LogP) is 4.92. The monoisotopic (exact) mass is 486 g/mol. The van der Waals surface area contributed by atoms with Gasteiger partial charge in [0.2, 0.25) is 5.89 Å². The highest BCUT2D eigenvalue weighted by Crippen LogP contribution is 2.25. The van der Waals surface area contributed by atoms with E-state index in [4.69, 9.17) is 20.8 Å². The third kappa shape index (κ3) is 5.67. The maximum Gasteiger partial charge on any atom is 0.277 e. The summed E-state index contributed by atoms with van der Waals surface area (Å²) < 4.78 is 13.0. The maximum absolute atomic E-state index is 12.4. The number of aromatic nitrogens is 3. The molecular formula is C22H19ClN4O3S2. The molecule has 0 N–H and O–H groups in total. The molecule has 10 heteroatoms. The van der Waals surface area contributed by atoms with Crippen molar-refractivity contribution in [3.8, 4) is 17.2 Å². The molecule has 0 aliphatic rings. The van der Waals surface area contributed by atoms with Gasteiger partial charge in [-0.1, -0.05) is 41.6 Å². The lowest BCUT2D eigenvalue weighted by Gasteiger charge is -2.05. The Hall–Kier alpha value is -2.88. The molecule has 4 rings (SSSR count). The molecular weight excluding hydrogens is 468 g/mol. The number of hydrogen-bond acceptors (Lipinski definition) is 7. The first kappa shape index (κ1) is 22.3. The van der Waals surface area contributed by atoms with E-state index in [0.29, 0.717) is 34.1 Å². The molecule has 0 atom stereocenters. The van der Waals surface area contributed by atoms with Crippen LogP contribution in [0.1, 0.15) is 12.5 Å². The van der Waals surface area contributed by atoms with Crippen LogP contribution in [0.2, 0.25) is 5.02 Å². The van der Waals surface area contributed by atoms with Crippen LogP contribution in [0.5, 0.6) is 5.75 Å². The topological polar surface area (TPSA) is 82.5 Å². The number of amides is 1. The molecule has 32 heavy (non-hydrogen) atoms. The molecule has 1 amide bonds. The van der Waals surface area contributed by atoms with E-state index in [9.17, 15) is 4.79 Å². The summed E-state index contributed by atoms with van der Waals surface area (Å²) in [6.45, 7) is 3.07. The Kier molecular flexibility index (Phi) is 7.41. The average Bonchev–Trinajstić information content (AvgIpc) is 3.44. The van der Waals surface area contributed by atoms with Gasteiger partial charge in [0.05, 0.1) is 18.9 Å². The summed E-state index contributed by atoms with van der Waals surface area (Å²) in [6, 6.07) is 15.0. The number of hydrogen-bond donors (Lipinski definition) is 0. The van der Waals surface area contributed by atoms with Crippen LogP contribution < -0.4 is 9.54 Å². The highest BCUT2D eigenvalue weighted by Gasteiger charge is 2.12. The number of nitrogens with zero attached hydrogens (tertiary/aromatic N) is 4. The third-order valence-electron chi connectivity index (χ3n) is 4.32. The van der Waals surface area contributed by atoms with Gasteiger partial charge < -0.3 is 13.7 Å². The zero-order valence-electron chi connectivity index (χ0n) is 17.1. The molecule has 0 aliphatic heterocycles. The number of rotatable bonds is 8. The van der Waals surface area contributed by atoms with Crippen molar-refractivity contribution in [2.75, 3.05) is 12.4 Å². The molecule has 0 fully saturated rings. The Bertz CT molecular complexity index is 1260. The molecule has 7 nitrogen and oxygen atoms in total. The van der Waals surface area contributed by atoms with Crippen molar-refractivity contribution in [1.82, 2.24) is 14.8 Å². The van der Waals surface area contributed by atoms with E-state index >= 15 is 0 Å². The molecule has 2 aromatic carbocycles. The number of thiazole rings is 1. The normalized spacial score (nSPS) is 11.6. The van der Waals surface area contributed by atoms with Gasteiger partial charge in [-0.25, -0.2) is 0 Å². The third-order valence-corrected chi connectivity index (χ3v) is 6.28. The van der Waals surface area contributed by atoms with Gasteiger partial charge in [-0.05, 0) is 42.8 Å². The summed E-state index contributed by atoms with van der Waals surface area (Å²) in [6.07, 6.45) is 1.88. The highest BCUT2D eigenvalue weighted by molar-refractivity contribution is 7.99. The van der Waals surface area contributed by atoms with Crippen LogP contribution in [0.4, 0.5) is 0 Å². The number of thioether (sulfide) groups is 1. The fourth-order valence-corrected chi connectivity index (χ4v) is 4.31. The van der Waals surface area contributed by atoms with Gasteiger partial charge in [-0.2, -0.15) is 4.99 Å². The molecule has 164 valence electrons. The van der Waals surface area contributed by atoms with Crippen molar-refractivity contribution >= 4 is 40.6 Å². The molecule has 4 aromatic rings. The molecule has 0 saturated heterocycles. The average molecular weight is 487 g/mol. The second kappa shape index (κ2) is 10.6. The lowest BCUT2D eigenvalue weighted by molar-refractivity contribution is -0.115. The predicted molar refractivity (Wildman–Crippen MR) is 125 cm³/mol. The van der Waals surface area contributed by atoms with E-state index in [-0.39, 0.29) is 11.7 Å². The molecule has 0 bridgehead atoms. The van der Waals surface area contributed by atoms with Crippen LogP contribution in [0.25, 0.3) is 11.5 Å². The fraction of sp³-hybridized carbons (Fsp3) is 0.182. The summed E-state index contributed by atoms with van der Waals surface area (Å²) in [4.78, 5) is 17.2. The lowest BCUT2D eigenvalue weighted by Crippen LogP contribution is -2.17. The minimum absolute atomic E-state index is 0.0922. The zero-order valence-corrected chi connectivity index (χ0v) is 19.5. The van der Waals surface area contributed by atoms with Crippen molar-refractivity contribution in [2.24, 2.45) is 4.99 Å². The van der Waals surface area contributed by atoms with E-state index in [1.165, 1.54) is 11.3 Å². The van der Waals surface area contributed by atoms with Crippen LogP contribution in [0.3, 0.4) is 0 Å². The Morgan fingerprint density at radius 1 is 1.22 bits per heavy atom. The molecule has 0 spiro atoms. The van der Waals surface area contributed by atoms with Crippen LogP contribution in [0, 0.1) is 0 Å². The molecule has 0 radical (unpaired) electrons. The van der Waals surface area contributed by atoms with Gasteiger partial charge in [0.1, 0.15) is 5.75 Å². The standard InChI is InChI=1S/C22H19ClN4O3S2/c1-2-29-17-9-7-15(8-10-17)20-25-26-22(30-20)32-14-19(28)24-21-27(11-12-31-21)13-16-5-3-4-6-18(16)23/h3-12H,2,13-14H2,1H3. The molecule has 0 aliphatic carbocycles. The molecule has 2 heterocycles. The lowest BCUT2D eigenvalue weighted by atomic mass is 10.2. The van der Waals surface area contributed by atoms with Gasteiger partial charge in [-0.3, -0.25) is 4.79 Å². The van der Waals surface area contributed by atoms with Crippen molar-refractivity contribution in [3.63, 3.8) is 0 Å². The summed E-state index contributed by atoms with van der Waals surface area (Å²) in [5.41, 5.74) is 1.74. The number of carbonyl (C=O) groups is 1. The Morgan fingerprint density at radius 2 is 2.03 bits per heavy atom. The van der Waals surface area contributed by atoms with E-state index in [1.54, 1.807) is 0 Å². The summed E-state index contributed by atoms with van der Waals surface area (Å²) in [5, 5.41) is 10.9. The SMILES string of the molecule is CCOc1ccc(-c2nnc(SCC(=O)N=c3sccn3Cc3ccccc3Cl)o2)cc1. The Morgan fingerprint density at radius 3 is 2.81 bits per heavy atom. The number of ether oxygens (including phenoxy) is 1. The van der Waals surface area contributed by atoms with E-state index in [0.717, 1.165) is 28.6 Å². The minimum Gasteiger partial charge on any atom is -0.494 e. The maximum atomic E-state index is 12.4. The summed E-state index contributed by atoms with van der Waals surface area (Å²) in [5.74, 6) is 0.967. The van der Waals surface area contributed by atoms with E-state index < -0.39 is 0 Å². The first-order valence-electron chi connectivity index (χ1n) is 9.77. The Labute approximate surface area is 197 Å². The van der Waals surface area contributed by atoms with Crippen molar-refractivity contribution in [3.05, 3.63) is 75.5 Å². The largest absolute Gasteiger partial charge is 0.494 e. The molecule has 0 unspecified atom stereocenters. The second-order valence-corrected chi connectivity index (χ2v) is 8.74. The van der Waals surface area contributed by atoms with E-state index in [1.807, 2.05) is 71.6 Å². The first-order chi connectivity index (χ1) is 15.6. The smallest absolute Gasteiger partial charge is 0.277 e. The van der Waals surface area contributed by atoms with E-state index in [2.05, 4.69) is 15.2 Å².